The molecule has 2 atom stereocenters. The lowest BCUT2D eigenvalue weighted by atomic mass is 10.00. The van der Waals surface area contributed by atoms with Crippen molar-refractivity contribution in [2.75, 3.05) is 39.5 Å². The third-order valence-electron chi connectivity index (χ3n) is 6.25. The Kier molecular flexibility index (Phi) is 10.8. The van der Waals surface area contributed by atoms with Gasteiger partial charge in [0.15, 0.2) is 17.6 Å². The van der Waals surface area contributed by atoms with E-state index < -0.39 is 18.3 Å². The van der Waals surface area contributed by atoms with Gasteiger partial charge in [-0.15, -0.1) is 0 Å². The second-order valence-electron chi connectivity index (χ2n) is 8.97. The molecule has 1 N–H and O–H groups in total. The van der Waals surface area contributed by atoms with Crippen LogP contribution in [0.1, 0.15) is 76.9 Å². The average molecular weight is 477 g/mol. The van der Waals surface area contributed by atoms with E-state index in [-0.39, 0.29) is 12.5 Å². The second-order valence-corrected chi connectivity index (χ2v) is 8.97. The van der Waals surface area contributed by atoms with Crippen LogP contribution in [0.4, 0.5) is 4.79 Å². The minimum Gasteiger partial charge on any atom is -0.486 e. The smallest absolute Gasteiger partial charge is 0.486 e. The number of benzene rings is 1. The molecular formula is C26H40N2O6. The third-order valence-corrected chi connectivity index (χ3v) is 6.25. The Morgan fingerprint density at radius 2 is 1.76 bits per heavy atom. The highest BCUT2D eigenvalue weighted by Gasteiger charge is 2.32. The second kappa shape index (κ2) is 14.0. The van der Waals surface area contributed by atoms with Crippen LogP contribution in [0.2, 0.25) is 0 Å². The molecular weight excluding hydrogens is 436 g/mol. The van der Waals surface area contributed by atoms with Gasteiger partial charge in [-0.05, 0) is 57.0 Å². The van der Waals surface area contributed by atoms with Crippen molar-refractivity contribution in [2.24, 2.45) is 0 Å². The molecule has 2 heterocycles. The first-order valence-electron chi connectivity index (χ1n) is 12.8. The molecule has 8 heteroatoms. The first-order valence-corrected chi connectivity index (χ1v) is 12.8. The van der Waals surface area contributed by atoms with Crippen LogP contribution in [-0.2, 0) is 14.3 Å². The van der Waals surface area contributed by atoms with E-state index in [2.05, 4.69) is 17.1 Å². The summed E-state index contributed by atoms with van der Waals surface area (Å²) in [5, 5.41) is 3.18. The van der Waals surface area contributed by atoms with Gasteiger partial charge in [0.25, 0.3) is 0 Å². The average Bonchev–Trinajstić information content (AvgIpc) is 3.35. The molecule has 0 bridgehead atoms. The molecule has 0 spiro atoms. The van der Waals surface area contributed by atoms with Gasteiger partial charge in [0.1, 0.15) is 13.2 Å². The van der Waals surface area contributed by atoms with E-state index in [1.807, 2.05) is 18.2 Å². The number of unbranched alkanes of at least 4 members (excludes halogenated alkanes) is 4. The summed E-state index contributed by atoms with van der Waals surface area (Å²) in [6, 6.07) is 5.12. The molecule has 1 saturated heterocycles. The van der Waals surface area contributed by atoms with Crippen molar-refractivity contribution >= 4 is 12.1 Å². The fraction of sp³-hybridized carbons (Fsp3) is 0.692. The van der Waals surface area contributed by atoms with Crippen molar-refractivity contribution in [1.82, 2.24) is 10.2 Å². The first-order chi connectivity index (χ1) is 16.6. The van der Waals surface area contributed by atoms with Gasteiger partial charge >= 0.3 is 6.16 Å². The highest BCUT2D eigenvalue weighted by molar-refractivity contribution is 5.76. The Morgan fingerprint density at radius 3 is 2.50 bits per heavy atom. The zero-order valence-corrected chi connectivity index (χ0v) is 20.7. The van der Waals surface area contributed by atoms with Gasteiger partial charge in [0.2, 0.25) is 5.91 Å². The quantitative estimate of drug-likeness (QED) is 0.329. The van der Waals surface area contributed by atoms with Gasteiger partial charge in [0.05, 0.1) is 12.6 Å². The molecule has 1 aromatic carbocycles. The number of nitrogens with zero attached hydrogens (tertiary/aromatic N) is 1. The zero-order valence-electron chi connectivity index (χ0n) is 20.7. The largest absolute Gasteiger partial charge is 0.508 e. The number of ether oxygens (including phenoxy) is 4. The van der Waals surface area contributed by atoms with Crippen LogP contribution in [0.25, 0.3) is 0 Å². The summed E-state index contributed by atoms with van der Waals surface area (Å²) in [5.41, 5.74) is 0.741. The van der Waals surface area contributed by atoms with Crippen LogP contribution < -0.4 is 14.8 Å². The van der Waals surface area contributed by atoms with Crippen molar-refractivity contribution in [1.29, 1.82) is 0 Å². The minimum atomic E-state index is -0.748. The number of likely N-dealkylation sites (tertiary alicyclic amines) is 1. The summed E-state index contributed by atoms with van der Waals surface area (Å²) >= 11 is 0. The summed E-state index contributed by atoms with van der Waals surface area (Å²) in [7, 11) is 0. The summed E-state index contributed by atoms with van der Waals surface area (Å²) in [6.45, 7) is 7.63. The summed E-state index contributed by atoms with van der Waals surface area (Å²) in [4.78, 5) is 27.6. The fourth-order valence-electron chi connectivity index (χ4n) is 4.50. The molecule has 190 valence electrons. The van der Waals surface area contributed by atoms with Crippen LogP contribution >= 0.6 is 0 Å². The molecule has 0 aliphatic carbocycles. The van der Waals surface area contributed by atoms with Gasteiger partial charge in [-0.2, -0.15) is 0 Å². The van der Waals surface area contributed by atoms with Gasteiger partial charge in [-0.1, -0.05) is 38.7 Å². The third kappa shape index (κ3) is 8.08. The number of fused-ring (bicyclic) bond motifs is 1. The van der Waals surface area contributed by atoms with Crippen LogP contribution in [0, 0.1) is 0 Å². The van der Waals surface area contributed by atoms with Crippen molar-refractivity contribution in [3.05, 3.63) is 23.8 Å². The lowest BCUT2D eigenvalue weighted by Crippen LogP contribution is -2.47. The Balaban J connectivity index is 1.78. The Morgan fingerprint density at radius 1 is 1.03 bits per heavy atom. The maximum atomic E-state index is 12.9. The zero-order chi connectivity index (χ0) is 24.2. The Bertz CT molecular complexity index is 781. The van der Waals surface area contributed by atoms with E-state index >= 15 is 0 Å². The van der Waals surface area contributed by atoms with Crippen molar-refractivity contribution in [2.45, 2.75) is 77.4 Å². The number of amides is 1. The predicted octanol–water partition coefficient (Wildman–Crippen LogP) is 4.61. The molecule has 34 heavy (non-hydrogen) atoms. The molecule has 0 aromatic heterocycles. The molecule has 1 amide bonds. The van der Waals surface area contributed by atoms with Crippen molar-refractivity contribution in [3.63, 3.8) is 0 Å². The van der Waals surface area contributed by atoms with E-state index in [0.29, 0.717) is 37.7 Å². The number of carbonyl (C=O) groups is 2. The molecule has 1 aromatic rings. The molecule has 0 radical (unpaired) electrons. The standard InChI is InChI=1S/C26H40N2O6/c1-3-5-6-7-8-11-24(29)27-21(19-28-14-9-10-15-28)25(34-26(30)31-4-2)20-12-13-22-23(18-20)33-17-16-32-22/h12-13,18,21,25H,3-11,14-17,19H2,1-2H3,(H,27,29). The Hall–Kier alpha value is -2.48. The van der Waals surface area contributed by atoms with Crippen LogP contribution in [0.5, 0.6) is 11.5 Å². The van der Waals surface area contributed by atoms with Crippen LogP contribution in [-0.4, -0.2) is 62.5 Å². The molecule has 2 unspecified atom stereocenters. The normalized spacial score (nSPS) is 17.1. The van der Waals surface area contributed by atoms with Crippen molar-refractivity contribution < 1.29 is 28.5 Å². The van der Waals surface area contributed by atoms with Gasteiger partial charge in [-0.25, -0.2) is 4.79 Å². The van der Waals surface area contributed by atoms with Gasteiger partial charge in [-0.3, -0.25) is 4.79 Å². The maximum Gasteiger partial charge on any atom is 0.508 e. The van der Waals surface area contributed by atoms with E-state index in [9.17, 15) is 9.59 Å². The molecule has 3 rings (SSSR count). The molecule has 1 fully saturated rings. The fourth-order valence-corrected chi connectivity index (χ4v) is 4.50. The Labute approximate surface area is 203 Å². The van der Waals surface area contributed by atoms with Gasteiger partial charge in [0, 0.05) is 13.0 Å². The van der Waals surface area contributed by atoms with Crippen molar-refractivity contribution in [3.8, 4) is 11.5 Å². The minimum absolute atomic E-state index is 0.0179. The summed E-state index contributed by atoms with van der Waals surface area (Å²) in [5.74, 6) is 1.26. The molecule has 0 saturated carbocycles. The molecule has 8 nitrogen and oxygen atoms in total. The first kappa shape index (κ1) is 26.1. The number of carbonyl (C=O) groups excluding carboxylic acids is 2. The SMILES string of the molecule is CCCCCCCC(=O)NC(CN1CCCC1)C(OC(=O)OCC)c1ccc2c(c1)OCCO2. The number of nitrogens with one attached hydrogen (secondary N) is 1. The van der Waals surface area contributed by atoms with E-state index in [4.69, 9.17) is 18.9 Å². The predicted molar refractivity (Wildman–Crippen MR) is 129 cm³/mol. The molecule has 2 aliphatic rings. The summed E-state index contributed by atoms with van der Waals surface area (Å²) in [6.07, 6.45) is 6.68. The monoisotopic (exact) mass is 476 g/mol. The highest BCUT2D eigenvalue weighted by atomic mass is 16.7. The molecule has 2 aliphatic heterocycles. The number of hydrogen-bond acceptors (Lipinski definition) is 7. The van der Waals surface area contributed by atoms with E-state index in [1.165, 1.54) is 12.8 Å². The topological polar surface area (TPSA) is 86.3 Å². The van der Waals surface area contributed by atoms with Gasteiger partial charge < -0.3 is 29.2 Å². The lowest BCUT2D eigenvalue weighted by Gasteiger charge is -2.31. The summed E-state index contributed by atoms with van der Waals surface area (Å²) < 4.78 is 22.3. The van der Waals surface area contributed by atoms with E-state index in [0.717, 1.165) is 50.8 Å². The lowest BCUT2D eigenvalue weighted by molar-refractivity contribution is -0.123. The maximum absolute atomic E-state index is 12.9. The van der Waals surface area contributed by atoms with E-state index in [1.54, 1.807) is 6.92 Å². The van der Waals surface area contributed by atoms with Crippen LogP contribution in [0.15, 0.2) is 18.2 Å². The highest BCUT2D eigenvalue weighted by Crippen LogP contribution is 2.35. The van der Waals surface area contributed by atoms with Crippen LogP contribution in [0.3, 0.4) is 0 Å². The number of rotatable bonds is 13. The number of hydrogen-bond donors (Lipinski definition) is 1.